The van der Waals surface area contributed by atoms with E-state index in [0.29, 0.717) is 12.5 Å². The van der Waals surface area contributed by atoms with Crippen LogP contribution >= 0.6 is 15.9 Å². The third-order valence-electron chi connectivity index (χ3n) is 3.15. The van der Waals surface area contributed by atoms with E-state index in [2.05, 4.69) is 21.2 Å². The Balaban J connectivity index is 1.87. The molecule has 0 saturated heterocycles. The lowest BCUT2D eigenvalue weighted by Gasteiger charge is -2.11. The molecular formula is C13H16BrNO. The lowest BCUT2D eigenvalue weighted by atomic mass is 10.1. The van der Waals surface area contributed by atoms with Gasteiger partial charge in [0.05, 0.1) is 0 Å². The third kappa shape index (κ3) is 2.85. The molecule has 0 aliphatic heterocycles. The minimum absolute atomic E-state index is 0.169. The Hall–Kier alpha value is -0.830. The predicted molar refractivity (Wildman–Crippen MR) is 67.9 cm³/mol. The number of hydrogen-bond acceptors (Lipinski definition) is 1. The Kier molecular flexibility index (Phi) is 3.64. The van der Waals surface area contributed by atoms with Crippen molar-refractivity contribution in [3.63, 3.8) is 0 Å². The van der Waals surface area contributed by atoms with Crippen LogP contribution in [0.4, 0.5) is 0 Å². The molecule has 3 heteroatoms. The first-order valence-electron chi connectivity index (χ1n) is 5.69. The second-order valence-electron chi connectivity index (χ2n) is 4.44. The SMILES string of the molecule is CC(C(=O)NCc1ccccc1Br)C1CC1. The van der Waals surface area contributed by atoms with Crippen LogP contribution in [0.15, 0.2) is 28.7 Å². The molecule has 16 heavy (non-hydrogen) atoms. The number of halogens is 1. The molecule has 0 spiro atoms. The second kappa shape index (κ2) is 5.00. The highest BCUT2D eigenvalue weighted by atomic mass is 79.9. The molecule has 1 aliphatic carbocycles. The van der Waals surface area contributed by atoms with Crippen LogP contribution in [-0.2, 0) is 11.3 Å². The molecule has 1 aromatic carbocycles. The summed E-state index contributed by atoms with van der Waals surface area (Å²) in [5.41, 5.74) is 1.12. The zero-order chi connectivity index (χ0) is 11.5. The fourth-order valence-electron chi connectivity index (χ4n) is 1.80. The topological polar surface area (TPSA) is 29.1 Å². The summed E-state index contributed by atoms with van der Waals surface area (Å²) in [6, 6.07) is 7.97. The number of carbonyl (C=O) groups excluding carboxylic acids is 1. The van der Waals surface area contributed by atoms with Crippen molar-refractivity contribution in [2.45, 2.75) is 26.3 Å². The zero-order valence-corrected chi connectivity index (χ0v) is 11.0. The van der Waals surface area contributed by atoms with E-state index in [-0.39, 0.29) is 11.8 Å². The van der Waals surface area contributed by atoms with Gasteiger partial charge in [0, 0.05) is 16.9 Å². The van der Waals surface area contributed by atoms with Gasteiger partial charge in [-0.05, 0) is 30.4 Å². The molecule has 0 radical (unpaired) electrons. The minimum atomic E-state index is 0.169. The average Bonchev–Trinajstić information content (AvgIpc) is 3.10. The van der Waals surface area contributed by atoms with Crippen molar-refractivity contribution in [2.24, 2.45) is 11.8 Å². The summed E-state index contributed by atoms with van der Waals surface area (Å²) in [5, 5.41) is 2.99. The minimum Gasteiger partial charge on any atom is -0.352 e. The second-order valence-corrected chi connectivity index (χ2v) is 5.29. The Morgan fingerprint density at radius 1 is 1.50 bits per heavy atom. The highest BCUT2D eigenvalue weighted by Gasteiger charge is 2.32. The maximum absolute atomic E-state index is 11.8. The quantitative estimate of drug-likeness (QED) is 0.903. The Morgan fingerprint density at radius 2 is 2.19 bits per heavy atom. The van der Waals surface area contributed by atoms with Gasteiger partial charge in [-0.25, -0.2) is 0 Å². The van der Waals surface area contributed by atoms with Gasteiger partial charge in [0.25, 0.3) is 0 Å². The molecule has 1 aromatic rings. The van der Waals surface area contributed by atoms with Crippen molar-refractivity contribution in [1.82, 2.24) is 5.32 Å². The number of rotatable bonds is 4. The van der Waals surface area contributed by atoms with E-state index in [1.807, 2.05) is 31.2 Å². The fraction of sp³-hybridized carbons (Fsp3) is 0.462. The van der Waals surface area contributed by atoms with Crippen molar-refractivity contribution in [1.29, 1.82) is 0 Å². The van der Waals surface area contributed by atoms with Crippen LogP contribution in [0.2, 0.25) is 0 Å². The van der Waals surface area contributed by atoms with Crippen LogP contribution in [-0.4, -0.2) is 5.91 Å². The van der Waals surface area contributed by atoms with Crippen LogP contribution in [0.1, 0.15) is 25.3 Å². The fourth-order valence-corrected chi connectivity index (χ4v) is 2.22. The van der Waals surface area contributed by atoms with Gasteiger partial charge < -0.3 is 5.32 Å². The van der Waals surface area contributed by atoms with E-state index in [4.69, 9.17) is 0 Å². The average molecular weight is 282 g/mol. The van der Waals surface area contributed by atoms with Crippen molar-refractivity contribution in [3.8, 4) is 0 Å². The molecule has 0 bridgehead atoms. The zero-order valence-electron chi connectivity index (χ0n) is 9.37. The first-order chi connectivity index (χ1) is 7.68. The summed E-state index contributed by atoms with van der Waals surface area (Å²) >= 11 is 3.47. The third-order valence-corrected chi connectivity index (χ3v) is 3.93. The maximum Gasteiger partial charge on any atom is 0.223 e. The molecule has 1 aliphatic rings. The molecule has 2 nitrogen and oxygen atoms in total. The summed E-state index contributed by atoms with van der Waals surface area (Å²) in [7, 11) is 0. The van der Waals surface area contributed by atoms with Gasteiger partial charge in [-0.2, -0.15) is 0 Å². The molecule has 86 valence electrons. The molecule has 1 amide bonds. The predicted octanol–water partition coefficient (Wildman–Crippen LogP) is 3.11. The summed E-state index contributed by atoms with van der Waals surface area (Å²) < 4.78 is 1.05. The largest absolute Gasteiger partial charge is 0.352 e. The first kappa shape index (κ1) is 11.6. The normalized spacial score (nSPS) is 16.9. The monoisotopic (exact) mass is 281 g/mol. The van der Waals surface area contributed by atoms with Gasteiger partial charge in [0.1, 0.15) is 0 Å². The van der Waals surface area contributed by atoms with Crippen LogP contribution in [0.25, 0.3) is 0 Å². The number of nitrogens with one attached hydrogen (secondary N) is 1. The molecule has 2 rings (SSSR count). The van der Waals surface area contributed by atoms with E-state index >= 15 is 0 Å². The van der Waals surface area contributed by atoms with Crippen molar-refractivity contribution in [3.05, 3.63) is 34.3 Å². The van der Waals surface area contributed by atoms with Gasteiger partial charge in [-0.15, -0.1) is 0 Å². The molecule has 1 unspecified atom stereocenters. The molecule has 1 saturated carbocycles. The molecule has 1 N–H and O–H groups in total. The first-order valence-corrected chi connectivity index (χ1v) is 6.49. The smallest absolute Gasteiger partial charge is 0.223 e. The lowest BCUT2D eigenvalue weighted by Crippen LogP contribution is -2.29. The van der Waals surface area contributed by atoms with E-state index < -0.39 is 0 Å². The lowest BCUT2D eigenvalue weighted by molar-refractivity contribution is -0.125. The Bertz CT molecular complexity index is 387. The maximum atomic E-state index is 11.8. The van der Waals surface area contributed by atoms with E-state index in [0.717, 1.165) is 10.0 Å². The molecule has 0 aromatic heterocycles. The van der Waals surface area contributed by atoms with E-state index in [9.17, 15) is 4.79 Å². The Morgan fingerprint density at radius 3 is 2.81 bits per heavy atom. The van der Waals surface area contributed by atoms with Crippen molar-refractivity contribution < 1.29 is 4.79 Å². The van der Waals surface area contributed by atoms with Gasteiger partial charge in [-0.3, -0.25) is 4.79 Å². The molecular weight excluding hydrogens is 266 g/mol. The molecule has 1 fully saturated rings. The van der Waals surface area contributed by atoms with E-state index in [1.54, 1.807) is 0 Å². The summed E-state index contributed by atoms with van der Waals surface area (Å²) in [6.45, 7) is 2.63. The molecule has 1 atom stereocenters. The summed E-state index contributed by atoms with van der Waals surface area (Å²) in [5.74, 6) is 0.972. The van der Waals surface area contributed by atoms with Crippen molar-refractivity contribution in [2.75, 3.05) is 0 Å². The standard InChI is InChI=1S/C13H16BrNO/c1-9(10-6-7-10)13(16)15-8-11-4-2-3-5-12(11)14/h2-5,9-10H,6-8H2,1H3,(H,15,16). The van der Waals surface area contributed by atoms with Gasteiger partial charge in [-0.1, -0.05) is 41.1 Å². The molecule has 0 heterocycles. The van der Waals surface area contributed by atoms with Crippen LogP contribution in [0.5, 0.6) is 0 Å². The number of carbonyl (C=O) groups is 1. The van der Waals surface area contributed by atoms with Gasteiger partial charge in [0.2, 0.25) is 5.91 Å². The highest BCUT2D eigenvalue weighted by Crippen LogP contribution is 2.36. The van der Waals surface area contributed by atoms with Crippen molar-refractivity contribution >= 4 is 21.8 Å². The van der Waals surface area contributed by atoms with E-state index in [1.165, 1.54) is 12.8 Å². The number of hydrogen-bond donors (Lipinski definition) is 1. The van der Waals surface area contributed by atoms with Gasteiger partial charge >= 0.3 is 0 Å². The summed E-state index contributed by atoms with van der Waals surface area (Å²) in [6.07, 6.45) is 2.42. The number of benzene rings is 1. The van der Waals surface area contributed by atoms with Crippen LogP contribution in [0, 0.1) is 11.8 Å². The highest BCUT2D eigenvalue weighted by molar-refractivity contribution is 9.10. The summed E-state index contributed by atoms with van der Waals surface area (Å²) in [4.78, 5) is 11.8. The van der Waals surface area contributed by atoms with Crippen LogP contribution < -0.4 is 5.32 Å². The Labute approximate surface area is 105 Å². The van der Waals surface area contributed by atoms with Gasteiger partial charge in [0.15, 0.2) is 0 Å². The van der Waals surface area contributed by atoms with Crippen LogP contribution in [0.3, 0.4) is 0 Å². The number of amides is 1.